The van der Waals surface area contributed by atoms with Gasteiger partial charge < -0.3 is 15.4 Å². The van der Waals surface area contributed by atoms with Crippen molar-refractivity contribution >= 4 is 17.3 Å². The van der Waals surface area contributed by atoms with Gasteiger partial charge in [0.05, 0.1) is 17.2 Å². The van der Waals surface area contributed by atoms with Crippen LogP contribution in [0.25, 0.3) is 0 Å². The number of benzene rings is 1. The molecule has 0 amide bonds. The van der Waals surface area contributed by atoms with E-state index in [1.807, 2.05) is 19.2 Å². The van der Waals surface area contributed by atoms with Crippen LogP contribution >= 0.6 is 11.3 Å². The summed E-state index contributed by atoms with van der Waals surface area (Å²) in [6.07, 6.45) is 3.46. The summed E-state index contributed by atoms with van der Waals surface area (Å²) in [5.74, 6) is 2.44. The summed E-state index contributed by atoms with van der Waals surface area (Å²) < 4.78 is 5.76. The van der Waals surface area contributed by atoms with E-state index in [-0.39, 0.29) is 0 Å². The Morgan fingerprint density at radius 2 is 2.00 bits per heavy atom. The molecule has 1 aromatic heterocycles. The molecule has 164 valence electrons. The number of thiazole rings is 1. The minimum absolute atomic E-state index is 0.610. The fraction of sp³-hybridized carbons (Fsp3) is 0.565. The van der Waals surface area contributed by atoms with E-state index in [4.69, 9.17) is 9.72 Å². The van der Waals surface area contributed by atoms with Gasteiger partial charge in [0.2, 0.25) is 0 Å². The Morgan fingerprint density at radius 3 is 2.67 bits per heavy atom. The van der Waals surface area contributed by atoms with Crippen molar-refractivity contribution < 1.29 is 4.74 Å². The maximum Gasteiger partial charge on any atom is 0.191 e. The van der Waals surface area contributed by atoms with Crippen molar-refractivity contribution in [3.8, 4) is 5.75 Å². The third-order valence-corrected chi connectivity index (χ3v) is 6.50. The van der Waals surface area contributed by atoms with Crippen molar-refractivity contribution in [2.24, 2.45) is 10.9 Å². The van der Waals surface area contributed by atoms with Crippen molar-refractivity contribution in [2.45, 2.75) is 39.7 Å². The van der Waals surface area contributed by atoms with Crippen LogP contribution in [0.3, 0.4) is 0 Å². The van der Waals surface area contributed by atoms with E-state index in [0.717, 1.165) is 50.9 Å². The van der Waals surface area contributed by atoms with Gasteiger partial charge >= 0.3 is 0 Å². The highest BCUT2D eigenvalue weighted by Crippen LogP contribution is 2.19. The topological polar surface area (TPSA) is 61.8 Å². The maximum absolute atomic E-state index is 5.76. The van der Waals surface area contributed by atoms with Crippen molar-refractivity contribution in [3.63, 3.8) is 0 Å². The summed E-state index contributed by atoms with van der Waals surface area (Å²) in [4.78, 5) is 11.6. The number of hydrogen-bond acceptors (Lipinski definition) is 5. The van der Waals surface area contributed by atoms with E-state index in [1.165, 1.54) is 29.1 Å². The van der Waals surface area contributed by atoms with E-state index >= 15 is 0 Å². The van der Waals surface area contributed by atoms with E-state index in [1.54, 1.807) is 11.3 Å². The summed E-state index contributed by atoms with van der Waals surface area (Å²) in [6.45, 7) is 9.81. The van der Waals surface area contributed by atoms with Gasteiger partial charge in [-0.05, 0) is 57.3 Å². The lowest BCUT2D eigenvalue weighted by Gasteiger charge is -2.31. The predicted octanol–water partition coefficient (Wildman–Crippen LogP) is 3.47. The first kappa shape index (κ1) is 22.6. The number of ether oxygens (including phenoxy) is 1. The number of nitrogens with zero attached hydrogens (tertiary/aromatic N) is 3. The van der Waals surface area contributed by atoms with Crippen LogP contribution in [0.1, 0.15) is 36.0 Å². The Balaban J connectivity index is 1.29. The Labute approximate surface area is 184 Å². The first-order valence-electron chi connectivity index (χ1n) is 11.0. The summed E-state index contributed by atoms with van der Waals surface area (Å²) >= 11 is 1.78. The van der Waals surface area contributed by atoms with Gasteiger partial charge in [-0.3, -0.25) is 9.89 Å². The third kappa shape index (κ3) is 7.29. The first-order valence-corrected chi connectivity index (χ1v) is 11.8. The van der Waals surface area contributed by atoms with Crippen LogP contribution in [0.2, 0.25) is 0 Å². The van der Waals surface area contributed by atoms with Crippen LogP contribution < -0.4 is 15.4 Å². The molecule has 7 heteroatoms. The molecule has 0 aliphatic carbocycles. The predicted molar refractivity (Wildman–Crippen MR) is 126 cm³/mol. The SMILES string of the molecule is CCc1nc(CN2CCC(CNC(=NC)NCCOc3ccc(C)cc3)CC2)cs1. The number of hydrogen-bond donors (Lipinski definition) is 2. The van der Waals surface area contributed by atoms with Crippen molar-refractivity contribution in [2.75, 3.05) is 39.8 Å². The van der Waals surface area contributed by atoms with Crippen molar-refractivity contribution in [3.05, 3.63) is 45.9 Å². The van der Waals surface area contributed by atoms with Crippen LogP contribution in [0.4, 0.5) is 0 Å². The zero-order chi connectivity index (χ0) is 21.2. The molecule has 2 N–H and O–H groups in total. The Morgan fingerprint density at radius 1 is 1.23 bits per heavy atom. The second-order valence-corrected chi connectivity index (χ2v) is 8.79. The molecule has 0 radical (unpaired) electrons. The van der Waals surface area contributed by atoms with Gasteiger partial charge in [0, 0.05) is 25.5 Å². The largest absolute Gasteiger partial charge is 0.492 e. The lowest BCUT2D eigenvalue weighted by molar-refractivity contribution is 0.176. The normalized spacial score (nSPS) is 15.9. The molecular formula is C23H35N5OS. The van der Waals surface area contributed by atoms with Crippen LogP contribution in [-0.2, 0) is 13.0 Å². The van der Waals surface area contributed by atoms with Gasteiger partial charge in [0.1, 0.15) is 12.4 Å². The number of aliphatic imine (C=N–C) groups is 1. The second kappa shape index (κ2) is 11.9. The average molecular weight is 430 g/mol. The second-order valence-electron chi connectivity index (χ2n) is 7.85. The first-order chi connectivity index (χ1) is 14.7. The number of nitrogens with one attached hydrogen (secondary N) is 2. The molecule has 1 aliphatic rings. The van der Waals surface area contributed by atoms with Crippen LogP contribution in [0.15, 0.2) is 34.6 Å². The van der Waals surface area contributed by atoms with E-state index in [9.17, 15) is 0 Å². The summed E-state index contributed by atoms with van der Waals surface area (Å²) in [5, 5.41) is 10.3. The van der Waals surface area contributed by atoms with E-state index in [0.29, 0.717) is 12.5 Å². The quantitative estimate of drug-likeness (QED) is 0.363. The highest BCUT2D eigenvalue weighted by Gasteiger charge is 2.20. The van der Waals surface area contributed by atoms with Gasteiger partial charge in [-0.15, -0.1) is 11.3 Å². The molecule has 3 rings (SSSR count). The van der Waals surface area contributed by atoms with Gasteiger partial charge in [-0.2, -0.15) is 0 Å². The Bertz CT molecular complexity index is 781. The van der Waals surface area contributed by atoms with Crippen molar-refractivity contribution in [1.29, 1.82) is 0 Å². The molecule has 0 atom stereocenters. The minimum Gasteiger partial charge on any atom is -0.492 e. The molecule has 2 aromatic rings. The number of guanidine groups is 1. The summed E-state index contributed by atoms with van der Waals surface area (Å²) in [6, 6.07) is 8.14. The van der Waals surface area contributed by atoms with Crippen LogP contribution in [-0.4, -0.2) is 55.7 Å². The Hall–Kier alpha value is -2.12. The van der Waals surface area contributed by atoms with Gasteiger partial charge in [-0.1, -0.05) is 24.6 Å². The fourth-order valence-corrected chi connectivity index (χ4v) is 4.33. The number of aryl methyl sites for hydroxylation is 2. The fourth-order valence-electron chi connectivity index (χ4n) is 3.60. The molecule has 6 nitrogen and oxygen atoms in total. The molecule has 0 bridgehead atoms. The van der Waals surface area contributed by atoms with E-state index < -0.39 is 0 Å². The molecule has 0 saturated carbocycles. The summed E-state index contributed by atoms with van der Waals surface area (Å²) in [7, 11) is 1.82. The highest BCUT2D eigenvalue weighted by molar-refractivity contribution is 7.09. The standard InChI is InChI=1S/C23H35N5OS/c1-4-22-27-20(17-30-22)16-28-12-9-19(10-13-28)15-26-23(24-3)25-11-14-29-21-7-5-18(2)6-8-21/h5-8,17,19H,4,9-16H2,1-3H3,(H2,24,25,26). The zero-order valence-corrected chi connectivity index (χ0v) is 19.3. The summed E-state index contributed by atoms with van der Waals surface area (Å²) in [5.41, 5.74) is 2.47. The van der Waals surface area contributed by atoms with Crippen molar-refractivity contribution in [1.82, 2.24) is 20.5 Å². The molecule has 1 aromatic carbocycles. The molecular weight excluding hydrogens is 394 g/mol. The van der Waals surface area contributed by atoms with Crippen LogP contribution in [0.5, 0.6) is 5.75 Å². The number of aromatic nitrogens is 1. The number of rotatable bonds is 9. The lowest BCUT2D eigenvalue weighted by Crippen LogP contribution is -2.43. The molecule has 1 aliphatic heterocycles. The third-order valence-electron chi connectivity index (χ3n) is 5.46. The number of piperidine rings is 1. The monoisotopic (exact) mass is 429 g/mol. The minimum atomic E-state index is 0.610. The van der Waals surface area contributed by atoms with Crippen LogP contribution in [0, 0.1) is 12.8 Å². The van der Waals surface area contributed by atoms with Gasteiger partial charge in [0.15, 0.2) is 5.96 Å². The smallest absolute Gasteiger partial charge is 0.191 e. The molecule has 0 unspecified atom stereocenters. The average Bonchev–Trinajstić information content (AvgIpc) is 3.23. The van der Waals surface area contributed by atoms with Gasteiger partial charge in [-0.25, -0.2) is 4.98 Å². The number of likely N-dealkylation sites (tertiary alicyclic amines) is 1. The van der Waals surface area contributed by atoms with E-state index in [2.05, 4.69) is 51.9 Å². The molecule has 2 heterocycles. The Kier molecular flexibility index (Phi) is 8.96. The highest BCUT2D eigenvalue weighted by atomic mass is 32.1. The molecule has 0 spiro atoms. The zero-order valence-electron chi connectivity index (χ0n) is 18.5. The van der Waals surface area contributed by atoms with Gasteiger partial charge in [0.25, 0.3) is 0 Å². The molecule has 30 heavy (non-hydrogen) atoms. The molecule has 1 fully saturated rings. The lowest BCUT2D eigenvalue weighted by atomic mass is 9.97. The maximum atomic E-state index is 5.76. The molecule has 1 saturated heterocycles.